The van der Waals surface area contributed by atoms with E-state index in [0.29, 0.717) is 34.5 Å². The van der Waals surface area contributed by atoms with E-state index in [1.165, 1.54) is 6.92 Å². The number of anilines is 1. The Morgan fingerprint density at radius 3 is 2.55 bits per heavy atom. The minimum atomic E-state index is -0.983. The number of carbonyl (C=O) groups is 2. The maximum absolute atomic E-state index is 11.7. The number of nitrogens with zero attached hydrogens (tertiary/aromatic N) is 3. The highest BCUT2D eigenvalue weighted by Crippen LogP contribution is 2.41. The number of carbonyl (C=O) groups excluding carboxylic acids is 1. The van der Waals surface area contributed by atoms with Crippen molar-refractivity contribution in [2.75, 3.05) is 18.8 Å². The molecule has 0 radical (unpaired) electrons. The molecule has 10 nitrogen and oxygen atoms in total. The number of amides is 1. The predicted octanol–water partition coefficient (Wildman–Crippen LogP) is 4.14. The van der Waals surface area contributed by atoms with E-state index in [1.54, 1.807) is 42.5 Å². The van der Waals surface area contributed by atoms with Gasteiger partial charge in [-0.2, -0.15) is 0 Å². The molecule has 4 rings (SSSR count). The topological polar surface area (TPSA) is 180 Å². The third-order valence-corrected chi connectivity index (χ3v) is 5.82. The average Bonchev–Trinajstić information content (AvgIpc) is 2.89. The number of azide groups is 1. The summed E-state index contributed by atoms with van der Waals surface area (Å²) in [6, 6.07) is 17.6. The Balaban J connectivity index is 0.000000263. The molecule has 0 bridgehead atoms. The molecule has 38 heavy (non-hydrogen) atoms. The minimum absolute atomic E-state index is 0.0223. The highest BCUT2D eigenvalue weighted by Gasteiger charge is 2.21. The summed E-state index contributed by atoms with van der Waals surface area (Å²) in [7, 11) is 0. The van der Waals surface area contributed by atoms with Gasteiger partial charge in [-0.25, -0.2) is 4.79 Å². The van der Waals surface area contributed by atoms with Crippen LogP contribution in [0.15, 0.2) is 70.2 Å². The Morgan fingerprint density at radius 2 is 1.82 bits per heavy atom. The first-order valence-electron chi connectivity index (χ1n) is 12.2. The van der Waals surface area contributed by atoms with Crippen LogP contribution in [-0.2, 0) is 4.79 Å². The number of rotatable bonds is 9. The number of carboxylic acid groups (broad SMARTS) is 1. The molecule has 0 saturated heterocycles. The van der Waals surface area contributed by atoms with Gasteiger partial charge in [-0.1, -0.05) is 36.2 Å². The number of hydrogen-bond acceptors (Lipinski definition) is 5. The van der Waals surface area contributed by atoms with Crippen molar-refractivity contribution in [3.63, 3.8) is 0 Å². The second-order valence-electron chi connectivity index (χ2n) is 8.69. The van der Waals surface area contributed by atoms with Gasteiger partial charge < -0.3 is 20.6 Å². The van der Waals surface area contributed by atoms with Crippen LogP contribution in [-0.4, -0.2) is 30.1 Å². The van der Waals surface area contributed by atoms with Gasteiger partial charge in [-0.15, -0.1) is 0 Å². The molecule has 1 aliphatic carbocycles. The lowest BCUT2D eigenvalue weighted by atomic mass is 9.91. The molecule has 0 spiro atoms. The Morgan fingerprint density at radius 1 is 1.05 bits per heavy atom. The lowest BCUT2D eigenvalue weighted by molar-refractivity contribution is -0.172. The van der Waals surface area contributed by atoms with E-state index in [2.05, 4.69) is 15.3 Å². The number of nitrogens with two attached hydrogens (primary N) is 2. The van der Waals surface area contributed by atoms with Gasteiger partial charge >= 0.3 is 5.97 Å². The summed E-state index contributed by atoms with van der Waals surface area (Å²) in [5.74, 6) is -0.383. The molecule has 1 heterocycles. The van der Waals surface area contributed by atoms with E-state index in [4.69, 9.17) is 21.1 Å². The number of nitrogen functional groups attached to an aromatic ring is 1. The summed E-state index contributed by atoms with van der Waals surface area (Å²) in [5, 5.41) is 23.0. The first kappa shape index (κ1) is 27.8. The van der Waals surface area contributed by atoms with Gasteiger partial charge in [0, 0.05) is 59.3 Å². The van der Waals surface area contributed by atoms with Crippen LogP contribution in [0.2, 0.25) is 0 Å². The van der Waals surface area contributed by atoms with Crippen LogP contribution in [0.3, 0.4) is 0 Å². The van der Waals surface area contributed by atoms with Crippen LogP contribution in [0.1, 0.15) is 43.0 Å². The fourth-order valence-electron chi connectivity index (χ4n) is 4.07. The lowest BCUT2D eigenvalue weighted by Crippen LogP contribution is -2.44. The van der Waals surface area contributed by atoms with Gasteiger partial charge in [0.1, 0.15) is 11.3 Å². The minimum Gasteiger partial charge on any atom is -0.478 e. The summed E-state index contributed by atoms with van der Waals surface area (Å²) in [6.07, 6.45) is 4.06. The summed E-state index contributed by atoms with van der Waals surface area (Å²) in [6.45, 7) is 2.84. The van der Waals surface area contributed by atoms with Crippen molar-refractivity contribution in [2.24, 2.45) is 5.11 Å². The average molecular weight is 516 g/mol. The molecule has 2 aromatic rings. The van der Waals surface area contributed by atoms with E-state index in [0.717, 1.165) is 48.7 Å². The molecule has 10 heteroatoms. The van der Waals surface area contributed by atoms with Crippen LogP contribution in [0.4, 0.5) is 5.69 Å². The molecule has 0 atom stereocenters. The normalized spacial score (nSPS) is 10.3. The zero-order chi connectivity index (χ0) is 27.5. The van der Waals surface area contributed by atoms with Crippen LogP contribution in [0.25, 0.3) is 43.9 Å². The number of fused-ring (bicyclic) bond motifs is 2. The molecule has 0 saturated carbocycles. The summed E-state index contributed by atoms with van der Waals surface area (Å²) in [5.41, 5.74) is 17.4. The fraction of sp³-hybridized carbons (Fsp3) is 0.250. The largest absolute Gasteiger partial charge is 0.478 e. The predicted molar refractivity (Wildman–Crippen MR) is 146 cm³/mol. The molecule has 0 aromatic heterocycles. The molecule has 6 N–H and O–H groups in total. The van der Waals surface area contributed by atoms with Crippen LogP contribution < -0.4 is 21.8 Å². The second kappa shape index (κ2) is 13.5. The van der Waals surface area contributed by atoms with E-state index in [-0.39, 0.29) is 11.5 Å². The number of nitrogens with one attached hydrogen (secondary N) is 1. The van der Waals surface area contributed by atoms with Crippen molar-refractivity contribution in [3.05, 3.63) is 82.0 Å². The zero-order valence-electron chi connectivity index (χ0n) is 21.2. The van der Waals surface area contributed by atoms with Gasteiger partial charge in [-0.3, -0.25) is 10.2 Å². The van der Waals surface area contributed by atoms with Crippen molar-refractivity contribution >= 4 is 28.5 Å². The fourth-order valence-corrected chi connectivity index (χ4v) is 4.07. The van der Waals surface area contributed by atoms with Crippen molar-refractivity contribution in [3.8, 4) is 22.5 Å². The Hall–Kier alpha value is -4.82. The van der Waals surface area contributed by atoms with E-state index in [1.807, 2.05) is 18.2 Å². The van der Waals surface area contributed by atoms with Crippen LogP contribution >= 0.6 is 0 Å². The van der Waals surface area contributed by atoms with Crippen LogP contribution in [0.5, 0.6) is 0 Å². The first-order valence-corrected chi connectivity index (χ1v) is 12.2. The number of aromatic carboxylic acids is 1. The second-order valence-corrected chi connectivity index (χ2v) is 8.69. The molecule has 2 aromatic carbocycles. The van der Waals surface area contributed by atoms with Crippen molar-refractivity contribution in [1.29, 1.82) is 0 Å². The Labute approximate surface area is 219 Å². The first-order chi connectivity index (χ1) is 18.3. The number of carboxylic acids is 1. The number of hydrogen-bond donors (Lipinski definition) is 4. The number of benzene rings is 3. The summed E-state index contributed by atoms with van der Waals surface area (Å²) in [4.78, 5) is 24.8. The van der Waals surface area contributed by atoms with Gasteiger partial charge in [0.2, 0.25) is 5.91 Å². The van der Waals surface area contributed by atoms with Gasteiger partial charge in [0.15, 0.2) is 5.36 Å². The smallest absolute Gasteiger partial charge is 0.336 e. The Kier molecular flexibility index (Phi) is 9.85. The molecule has 0 unspecified atom stereocenters. The van der Waals surface area contributed by atoms with Gasteiger partial charge in [-0.05, 0) is 48.2 Å². The highest BCUT2D eigenvalue weighted by atomic mass is 16.4. The molecule has 0 fully saturated rings. The standard InChI is InChI=1S/C20H14N2O3.C8H16N4O/c21-11-5-7-15-17(9-11)25-18-10-12(22)6-8-16(18)19(15)13-3-1-2-4-14(13)20(23)24;1-8(13)10-6-4-2-3-5-7-11-12-9/h1-10,21H,22H2,(H,23,24);2-7H2,1H3,(H,10,13)/p+1. The maximum Gasteiger partial charge on any atom is 0.336 e. The molecule has 196 valence electrons. The van der Waals surface area contributed by atoms with Crippen LogP contribution in [0, 0.1) is 0 Å². The molecule has 2 aliphatic rings. The molecular weight excluding hydrogens is 484 g/mol. The van der Waals surface area contributed by atoms with E-state index in [9.17, 15) is 14.7 Å². The SMILES string of the molecule is CC(=O)NCCCCCCN=[N+]=[N-].Nc1ccc2c(-c3ccccc3C(=O)O)c3ccc(=[NH2+])cc-3oc2c1. The van der Waals surface area contributed by atoms with Gasteiger partial charge in [0.05, 0.1) is 11.6 Å². The molecular formula is C28H31N6O4+. The highest BCUT2D eigenvalue weighted by molar-refractivity contribution is 6.07. The third-order valence-electron chi connectivity index (χ3n) is 5.82. The van der Waals surface area contributed by atoms with Crippen molar-refractivity contribution in [1.82, 2.24) is 5.32 Å². The maximum atomic E-state index is 11.7. The van der Waals surface area contributed by atoms with Crippen molar-refractivity contribution in [2.45, 2.75) is 32.6 Å². The van der Waals surface area contributed by atoms with E-state index < -0.39 is 5.97 Å². The summed E-state index contributed by atoms with van der Waals surface area (Å²) < 4.78 is 5.96. The zero-order valence-corrected chi connectivity index (χ0v) is 21.2. The lowest BCUT2D eigenvalue weighted by Gasteiger charge is -2.16. The monoisotopic (exact) mass is 515 g/mol. The van der Waals surface area contributed by atoms with Crippen molar-refractivity contribution < 1.29 is 24.5 Å². The Bertz CT molecular complexity index is 1500. The molecule has 1 aliphatic heterocycles. The summed E-state index contributed by atoms with van der Waals surface area (Å²) >= 11 is 0. The van der Waals surface area contributed by atoms with Gasteiger partial charge in [0.25, 0.3) is 0 Å². The third kappa shape index (κ3) is 7.35. The number of unbranched alkanes of at least 4 members (excludes halogenated alkanes) is 3. The quantitative estimate of drug-likeness (QED) is 0.0652. The van der Waals surface area contributed by atoms with E-state index >= 15 is 0 Å². The molecule has 1 amide bonds.